The van der Waals surface area contributed by atoms with Crippen LogP contribution in [0.2, 0.25) is 0 Å². The highest BCUT2D eigenvalue weighted by molar-refractivity contribution is 6.02. The fourth-order valence-corrected chi connectivity index (χ4v) is 2.15. The summed E-state index contributed by atoms with van der Waals surface area (Å²) in [7, 11) is 0. The third kappa shape index (κ3) is 2.42. The van der Waals surface area contributed by atoms with E-state index < -0.39 is 28.7 Å². The van der Waals surface area contributed by atoms with Gasteiger partial charge in [0.25, 0.3) is 0 Å². The van der Waals surface area contributed by atoms with E-state index in [2.05, 4.69) is 5.32 Å². The molecule has 1 N–H and O–H groups in total. The number of nitrogens with one attached hydrogen (secondary N) is 1. The normalized spacial score (nSPS) is 10.7. The van der Waals surface area contributed by atoms with Gasteiger partial charge in [-0.05, 0) is 6.92 Å². The molecule has 0 saturated heterocycles. The van der Waals surface area contributed by atoms with Gasteiger partial charge in [0.1, 0.15) is 0 Å². The Morgan fingerprint density at radius 3 is 2.62 bits per heavy atom. The van der Waals surface area contributed by atoms with Crippen molar-refractivity contribution in [1.82, 2.24) is 4.57 Å². The molecule has 1 amide bonds. The maximum atomic E-state index is 13.9. The molecule has 0 spiro atoms. The van der Waals surface area contributed by atoms with Crippen molar-refractivity contribution < 1.29 is 18.4 Å². The van der Waals surface area contributed by atoms with Crippen LogP contribution in [0.25, 0.3) is 10.9 Å². The minimum Gasteiger partial charge on any atom is -0.347 e. The molecule has 0 saturated carbocycles. The van der Waals surface area contributed by atoms with E-state index in [1.165, 1.54) is 10.8 Å². The Bertz CT molecular complexity index is 812. The van der Waals surface area contributed by atoms with Gasteiger partial charge in [0.05, 0.1) is 22.2 Å². The molecule has 0 radical (unpaired) electrons. The second-order valence-electron chi connectivity index (χ2n) is 4.44. The Balaban J connectivity index is 3.05. The minimum atomic E-state index is -1.33. The topological polar surface area (TPSA) is 68.2 Å². The Kier molecular flexibility index (Phi) is 3.84. The molecule has 0 aliphatic carbocycles. The van der Waals surface area contributed by atoms with E-state index in [4.69, 9.17) is 0 Å². The van der Waals surface area contributed by atoms with E-state index in [-0.39, 0.29) is 16.5 Å². The second kappa shape index (κ2) is 5.43. The summed E-state index contributed by atoms with van der Waals surface area (Å²) in [4.78, 5) is 34.3. The second-order valence-corrected chi connectivity index (χ2v) is 4.44. The van der Waals surface area contributed by atoms with Crippen LogP contribution >= 0.6 is 0 Å². The third-order valence-corrected chi connectivity index (χ3v) is 3.06. The van der Waals surface area contributed by atoms with Crippen molar-refractivity contribution in [3.8, 4) is 0 Å². The number of nitrogens with zero attached hydrogens (tertiary/aromatic N) is 1. The number of amides is 1. The summed E-state index contributed by atoms with van der Waals surface area (Å²) < 4.78 is 29.0. The SMILES string of the molecule is CCn1cc(C=O)c(=O)c2c(NC(C)=O)c(F)c(F)cc21. The number of fused-ring (bicyclic) bond motifs is 1. The highest BCUT2D eigenvalue weighted by atomic mass is 19.2. The average molecular weight is 294 g/mol. The summed E-state index contributed by atoms with van der Waals surface area (Å²) in [5, 5.41) is 1.89. The molecule has 2 aromatic rings. The van der Waals surface area contributed by atoms with Gasteiger partial charge in [-0.1, -0.05) is 0 Å². The number of aldehydes is 1. The maximum absolute atomic E-state index is 13.9. The number of carbonyl (C=O) groups is 2. The number of hydrogen-bond donors (Lipinski definition) is 1. The van der Waals surface area contributed by atoms with Crippen LogP contribution in [0.1, 0.15) is 24.2 Å². The summed E-state index contributed by atoms with van der Waals surface area (Å²) in [5.74, 6) is -3.17. The summed E-state index contributed by atoms with van der Waals surface area (Å²) >= 11 is 0. The first-order chi connectivity index (χ1) is 9.90. The van der Waals surface area contributed by atoms with Crippen LogP contribution in [-0.4, -0.2) is 16.8 Å². The molecule has 1 aromatic carbocycles. The van der Waals surface area contributed by atoms with Crippen molar-refractivity contribution in [3.05, 3.63) is 39.7 Å². The van der Waals surface area contributed by atoms with Gasteiger partial charge in [0.2, 0.25) is 11.3 Å². The lowest BCUT2D eigenvalue weighted by Crippen LogP contribution is -2.19. The van der Waals surface area contributed by atoms with Gasteiger partial charge in [0, 0.05) is 25.7 Å². The number of hydrogen-bond acceptors (Lipinski definition) is 3. The van der Waals surface area contributed by atoms with Gasteiger partial charge in [-0.3, -0.25) is 14.4 Å². The highest BCUT2D eigenvalue weighted by Crippen LogP contribution is 2.27. The van der Waals surface area contributed by atoms with Gasteiger partial charge in [-0.15, -0.1) is 0 Å². The number of aryl methyl sites for hydroxylation is 1. The van der Waals surface area contributed by atoms with Crippen molar-refractivity contribution in [2.45, 2.75) is 20.4 Å². The molecule has 0 bridgehead atoms. The summed E-state index contributed by atoms with van der Waals surface area (Å²) in [6.45, 7) is 3.16. The molecule has 5 nitrogen and oxygen atoms in total. The Morgan fingerprint density at radius 1 is 1.43 bits per heavy atom. The quantitative estimate of drug-likeness (QED) is 0.881. The Hall–Kier alpha value is -2.57. The molecule has 0 aliphatic heterocycles. The zero-order valence-electron chi connectivity index (χ0n) is 11.4. The van der Waals surface area contributed by atoms with E-state index in [1.54, 1.807) is 6.92 Å². The molecule has 0 unspecified atom stereocenters. The summed E-state index contributed by atoms with van der Waals surface area (Å²) in [6.07, 6.45) is 1.61. The molecular weight excluding hydrogens is 282 g/mol. The predicted molar refractivity (Wildman–Crippen MR) is 73.5 cm³/mol. The monoisotopic (exact) mass is 294 g/mol. The van der Waals surface area contributed by atoms with Gasteiger partial charge in [-0.25, -0.2) is 8.78 Å². The van der Waals surface area contributed by atoms with Crippen molar-refractivity contribution in [3.63, 3.8) is 0 Å². The molecule has 1 heterocycles. The first kappa shape index (κ1) is 14.8. The van der Waals surface area contributed by atoms with E-state index in [0.29, 0.717) is 12.8 Å². The number of benzene rings is 1. The van der Waals surface area contributed by atoms with E-state index in [1.807, 2.05) is 0 Å². The largest absolute Gasteiger partial charge is 0.347 e. The number of carbonyl (C=O) groups excluding carboxylic acids is 2. The first-order valence-corrected chi connectivity index (χ1v) is 6.18. The molecule has 110 valence electrons. The standard InChI is InChI=1S/C14H12F2N2O3/c1-3-18-5-8(6-19)14(21)11-10(18)4-9(15)12(16)13(11)17-7(2)20/h4-6H,3H2,1-2H3,(H,17,20). The van der Waals surface area contributed by atoms with Crippen molar-refractivity contribution in [2.24, 2.45) is 0 Å². The van der Waals surface area contributed by atoms with Gasteiger partial charge < -0.3 is 9.88 Å². The Morgan fingerprint density at radius 2 is 2.10 bits per heavy atom. The van der Waals surface area contributed by atoms with E-state index in [0.717, 1.165) is 13.0 Å². The van der Waals surface area contributed by atoms with Crippen molar-refractivity contribution in [1.29, 1.82) is 0 Å². The van der Waals surface area contributed by atoms with Gasteiger partial charge in [0.15, 0.2) is 17.9 Å². The molecule has 0 fully saturated rings. The van der Waals surface area contributed by atoms with Crippen molar-refractivity contribution >= 4 is 28.8 Å². The lowest BCUT2D eigenvalue weighted by molar-refractivity contribution is -0.114. The van der Waals surface area contributed by atoms with Crippen LogP contribution in [0.5, 0.6) is 0 Å². The Labute approximate surface area is 118 Å². The van der Waals surface area contributed by atoms with Crippen LogP contribution in [0, 0.1) is 11.6 Å². The first-order valence-electron chi connectivity index (χ1n) is 6.18. The number of pyridine rings is 1. The molecule has 1 aromatic heterocycles. The van der Waals surface area contributed by atoms with Crippen LogP contribution in [0.3, 0.4) is 0 Å². The summed E-state index contributed by atoms with van der Waals surface area (Å²) in [5.41, 5.74) is -1.39. The molecule has 0 aliphatic rings. The smallest absolute Gasteiger partial charge is 0.221 e. The van der Waals surface area contributed by atoms with Crippen LogP contribution in [0.4, 0.5) is 14.5 Å². The van der Waals surface area contributed by atoms with Crippen LogP contribution < -0.4 is 10.7 Å². The minimum absolute atomic E-state index is 0.107. The maximum Gasteiger partial charge on any atom is 0.221 e. The van der Waals surface area contributed by atoms with E-state index in [9.17, 15) is 23.2 Å². The fourth-order valence-electron chi connectivity index (χ4n) is 2.15. The molecule has 2 rings (SSSR count). The van der Waals surface area contributed by atoms with E-state index >= 15 is 0 Å². The number of halogens is 2. The third-order valence-electron chi connectivity index (χ3n) is 3.06. The lowest BCUT2D eigenvalue weighted by atomic mass is 10.1. The average Bonchev–Trinajstić information content (AvgIpc) is 2.44. The zero-order valence-corrected chi connectivity index (χ0v) is 11.4. The molecule has 21 heavy (non-hydrogen) atoms. The highest BCUT2D eigenvalue weighted by Gasteiger charge is 2.20. The zero-order chi connectivity index (χ0) is 15.7. The molecule has 0 atom stereocenters. The van der Waals surface area contributed by atoms with Crippen LogP contribution in [0.15, 0.2) is 17.1 Å². The number of aromatic nitrogens is 1. The fraction of sp³-hybridized carbons (Fsp3) is 0.214. The predicted octanol–water partition coefficient (Wildman–Crippen LogP) is 2.07. The number of rotatable bonds is 3. The van der Waals surface area contributed by atoms with Crippen LogP contribution in [-0.2, 0) is 11.3 Å². The van der Waals surface area contributed by atoms with Crippen molar-refractivity contribution in [2.75, 3.05) is 5.32 Å². The number of anilines is 1. The molecular formula is C14H12F2N2O3. The van der Waals surface area contributed by atoms with Gasteiger partial charge in [-0.2, -0.15) is 0 Å². The summed E-state index contributed by atoms with van der Waals surface area (Å²) in [6, 6.07) is 0.871. The lowest BCUT2D eigenvalue weighted by Gasteiger charge is -2.14. The van der Waals surface area contributed by atoms with Gasteiger partial charge >= 0.3 is 0 Å². The molecule has 7 heteroatoms.